The van der Waals surface area contributed by atoms with E-state index in [9.17, 15) is 0 Å². The zero-order valence-corrected chi connectivity index (χ0v) is 12.6. The molecule has 0 aromatic carbocycles. The van der Waals surface area contributed by atoms with Crippen molar-refractivity contribution in [3.05, 3.63) is 23.5 Å². The minimum Gasteiger partial charge on any atom is -0.357 e. The summed E-state index contributed by atoms with van der Waals surface area (Å²) in [5, 5.41) is 8.88. The summed E-state index contributed by atoms with van der Waals surface area (Å²) in [6.45, 7) is 3.60. The first-order valence-corrected chi connectivity index (χ1v) is 8.19. The van der Waals surface area contributed by atoms with Gasteiger partial charge in [-0.15, -0.1) is 11.3 Å². The van der Waals surface area contributed by atoms with E-state index in [-0.39, 0.29) is 0 Å². The third-order valence-corrected chi connectivity index (χ3v) is 4.35. The summed E-state index contributed by atoms with van der Waals surface area (Å²) in [4.78, 5) is 10.2. The lowest BCUT2D eigenvalue weighted by molar-refractivity contribution is 0.613. The Balaban J connectivity index is 1.64. The molecule has 108 valence electrons. The molecular weight excluding hydrogens is 270 g/mol. The summed E-state index contributed by atoms with van der Waals surface area (Å²) in [7, 11) is 0. The van der Waals surface area contributed by atoms with E-state index >= 15 is 0 Å². The van der Waals surface area contributed by atoms with E-state index < -0.39 is 0 Å². The van der Waals surface area contributed by atoms with Crippen LogP contribution < -0.4 is 10.6 Å². The summed E-state index contributed by atoms with van der Waals surface area (Å²) in [6.07, 6.45) is 9.24. The number of guanidine groups is 1. The number of aliphatic imine (C=N–C) groups is 1. The molecule has 1 aliphatic carbocycles. The molecule has 0 aliphatic heterocycles. The second-order valence-electron chi connectivity index (χ2n) is 5.15. The molecule has 1 aliphatic rings. The van der Waals surface area contributed by atoms with Crippen LogP contribution in [0.2, 0.25) is 0 Å². The van der Waals surface area contributed by atoms with Crippen LogP contribution in [0.4, 0.5) is 0 Å². The Morgan fingerprint density at radius 1 is 1.50 bits per heavy atom. The van der Waals surface area contributed by atoms with E-state index in [4.69, 9.17) is 0 Å². The molecule has 0 saturated heterocycles. The van der Waals surface area contributed by atoms with Crippen molar-refractivity contribution < 1.29 is 0 Å². The Kier molecular flexibility index (Phi) is 4.20. The standard InChI is InChI=1S/C14H21N5S/c1-2-15-13(17-11-5-3-4-6-11)16-9-12-10-19-7-8-20-14(19)18-12/h7-8,10-11H,2-6,9H2,1H3,(H2,15,16,17). The van der Waals surface area contributed by atoms with Crippen LogP contribution in [0.1, 0.15) is 38.3 Å². The largest absolute Gasteiger partial charge is 0.357 e. The fourth-order valence-electron chi connectivity index (χ4n) is 2.60. The van der Waals surface area contributed by atoms with Crippen molar-refractivity contribution >= 4 is 22.3 Å². The molecule has 2 aromatic rings. The molecule has 2 N–H and O–H groups in total. The average molecular weight is 291 g/mol. The molecule has 5 nitrogen and oxygen atoms in total. The van der Waals surface area contributed by atoms with Crippen molar-refractivity contribution in [3.63, 3.8) is 0 Å². The maximum atomic E-state index is 4.65. The van der Waals surface area contributed by atoms with Crippen LogP contribution in [0.5, 0.6) is 0 Å². The highest BCUT2D eigenvalue weighted by Crippen LogP contribution is 2.17. The van der Waals surface area contributed by atoms with Crippen LogP contribution >= 0.6 is 11.3 Å². The van der Waals surface area contributed by atoms with E-state index in [1.54, 1.807) is 11.3 Å². The van der Waals surface area contributed by atoms with E-state index in [0.29, 0.717) is 12.6 Å². The van der Waals surface area contributed by atoms with Gasteiger partial charge in [-0.1, -0.05) is 12.8 Å². The Hall–Kier alpha value is -1.56. The molecule has 0 bridgehead atoms. The number of rotatable bonds is 4. The SMILES string of the molecule is CCNC(=NCc1cn2ccsc2n1)NC1CCCC1. The Bertz CT molecular complexity index is 551. The maximum absolute atomic E-state index is 4.65. The van der Waals surface area contributed by atoms with Crippen molar-refractivity contribution in [3.8, 4) is 0 Å². The molecule has 0 amide bonds. The van der Waals surface area contributed by atoms with Gasteiger partial charge < -0.3 is 10.6 Å². The molecular formula is C14H21N5S. The Morgan fingerprint density at radius 3 is 3.10 bits per heavy atom. The van der Waals surface area contributed by atoms with Crippen molar-refractivity contribution in [1.82, 2.24) is 20.0 Å². The van der Waals surface area contributed by atoms with Gasteiger partial charge in [0.1, 0.15) is 0 Å². The lowest BCUT2D eigenvalue weighted by atomic mass is 10.2. The highest BCUT2D eigenvalue weighted by atomic mass is 32.1. The lowest BCUT2D eigenvalue weighted by Crippen LogP contribution is -2.42. The van der Waals surface area contributed by atoms with Crippen molar-refractivity contribution in [1.29, 1.82) is 0 Å². The number of thiazole rings is 1. The van der Waals surface area contributed by atoms with Gasteiger partial charge in [-0.05, 0) is 19.8 Å². The Labute approximate surface area is 123 Å². The van der Waals surface area contributed by atoms with Crippen molar-refractivity contribution in [2.75, 3.05) is 6.54 Å². The van der Waals surface area contributed by atoms with E-state index in [1.165, 1.54) is 25.7 Å². The second kappa shape index (κ2) is 6.26. The van der Waals surface area contributed by atoms with Crippen LogP contribution in [0, 0.1) is 0 Å². The highest BCUT2D eigenvalue weighted by molar-refractivity contribution is 7.15. The van der Waals surface area contributed by atoms with Gasteiger partial charge in [-0.2, -0.15) is 0 Å². The van der Waals surface area contributed by atoms with Gasteiger partial charge in [-0.25, -0.2) is 9.98 Å². The summed E-state index contributed by atoms with van der Waals surface area (Å²) < 4.78 is 2.05. The number of aromatic nitrogens is 2. The van der Waals surface area contributed by atoms with Gasteiger partial charge >= 0.3 is 0 Å². The first-order chi connectivity index (χ1) is 9.85. The zero-order valence-electron chi connectivity index (χ0n) is 11.8. The highest BCUT2D eigenvalue weighted by Gasteiger charge is 2.15. The summed E-state index contributed by atoms with van der Waals surface area (Å²) in [6, 6.07) is 0.582. The second-order valence-corrected chi connectivity index (χ2v) is 6.02. The number of hydrogen-bond donors (Lipinski definition) is 2. The number of fused-ring (bicyclic) bond motifs is 1. The van der Waals surface area contributed by atoms with Gasteiger partial charge in [0, 0.05) is 30.4 Å². The maximum Gasteiger partial charge on any atom is 0.193 e. The molecule has 2 heterocycles. The third kappa shape index (κ3) is 3.12. The first kappa shape index (κ1) is 13.4. The summed E-state index contributed by atoms with van der Waals surface area (Å²) in [5.41, 5.74) is 1.01. The van der Waals surface area contributed by atoms with Gasteiger partial charge in [0.15, 0.2) is 10.9 Å². The third-order valence-electron chi connectivity index (χ3n) is 3.58. The fourth-order valence-corrected chi connectivity index (χ4v) is 3.31. The summed E-state index contributed by atoms with van der Waals surface area (Å²) >= 11 is 1.65. The summed E-state index contributed by atoms with van der Waals surface area (Å²) in [5.74, 6) is 0.913. The van der Waals surface area contributed by atoms with Gasteiger partial charge in [0.25, 0.3) is 0 Å². The molecule has 6 heteroatoms. The van der Waals surface area contributed by atoms with Crippen LogP contribution in [0.3, 0.4) is 0 Å². The average Bonchev–Trinajstić information content (AvgIpc) is 3.12. The monoisotopic (exact) mass is 291 g/mol. The number of imidazole rings is 1. The van der Waals surface area contributed by atoms with E-state index in [1.807, 2.05) is 16.0 Å². The molecule has 0 unspecified atom stereocenters. The molecule has 0 radical (unpaired) electrons. The smallest absolute Gasteiger partial charge is 0.193 e. The van der Waals surface area contributed by atoms with E-state index in [2.05, 4.69) is 33.7 Å². The molecule has 1 fully saturated rings. The molecule has 0 spiro atoms. The minimum atomic E-state index is 0.582. The molecule has 20 heavy (non-hydrogen) atoms. The quantitative estimate of drug-likeness (QED) is 0.672. The van der Waals surface area contributed by atoms with Crippen LogP contribution in [0.25, 0.3) is 4.96 Å². The van der Waals surface area contributed by atoms with Crippen molar-refractivity contribution in [2.45, 2.75) is 45.2 Å². The van der Waals surface area contributed by atoms with Gasteiger partial charge in [-0.3, -0.25) is 4.40 Å². The minimum absolute atomic E-state index is 0.582. The number of nitrogens with zero attached hydrogens (tertiary/aromatic N) is 3. The van der Waals surface area contributed by atoms with Gasteiger partial charge in [0.2, 0.25) is 0 Å². The number of nitrogens with one attached hydrogen (secondary N) is 2. The first-order valence-electron chi connectivity index (χ1n) is 7.31. The molecule has 0 atom stereocenters. The predicted octanol–water partition coefficient (Wildman–Crippen LogP) is 2.39. The molecule has 2 aromatic heterocycles. The van der Waals surface area contributed by atoms with Crippen LogP contribution in [0.15, 0.2) is 22.8 Å². The number of hydrogen-bond acceptors (Lipinski definition) is 3. The van der Waals surface area contributed by atoms with Gasteiger partial charge in [0.05, 0.1) is 12.2 Å². The van der Waals surface area contributed by atoms with Crippen LogP contribution in [-0.4, -0.2) is 27.9 Å². The lowest BCUT2D eigenvalue weighted by Gasteiger charge is -2.16. The normalized spacial score (nSPS) is 16.9. The van der Waals surface area contributed by atoms with Crippen LogP contribution in [-0.2, 0) is 6.54 Å². The molecule has 1 saturated carbocycles. The predicted molar refractivity (Wildman–Crippen MR) is 83.3 cm³/mol. The molecule has 3 rings (SSSR count). The zero-order chi connectivity index (χ0) is 13.8. The topological polar surface area (TPSA) is 53.7 Å². The van der Waals surface area contributed by atoms with Crippen molar-refractivity contribution in [2.24, 2.45) is 4.99 Å². The van der Waals surface area contributed by atoms with E-state index in [0.717, 1.165) is 23.2 Å². The Morgan fingerprint density at radius 2 is 2.35 bits per heavy atom. The fraction of sp³-hybridized carbons (Fsp3) is 0.571.